The minimum absolute atomic E-state index is 0.234. The number of fused-ring (bicyclic) bond motifs is 1. The van der Waals surface area contributed by atoms with Crippen molar-refractivity contribution in [2.45, 2.75) is 31.5 Å². The van der Waals surface area contributed by atoms with Crippen molar-refractivity contribution in [3.8, 4) is 6.07 Å². The number of nitriles is 1. The molecule has 1 unspecified atom stereocenters. The predicted molar refractivity (Wildman–Crippen MR) is 107 cm³/mol. The number of Topliss-reactive ketones (excluding diaryl/α,β-unsaturated/α-hetero) is 1. The van der Waals surface area contributed by atoms with E-state index in [1.54, 1.807) is 12.1 Å². The lowest BCUT2D eigenvalue weighted by atomic mass is 9.93. The summed E-state index contributed by atoms with van der Waals surface area (Å²) < 4.78 is 41.8. The summed E-state index contributed by atoms with van der Waals surface area (Å²) in [5.74, 6) is -1.02. The van der Waals surface area contributed by atoms with Crippen LogP contribution >= 0.6 is 0 Å². The third-order valence-corrected chi connectivity index (χ3v) is 5.18. The minimum atomic E-state index is -4.92. The maximum absolute atomic E-state index is 13.9. The molecule has 1 aliphatic heterocycles. The molecule has 1 saturated heterocycles. The van der Waals surface area contributed by atoms with Crippen LogP contribution in [0.5, 0.6) is 0 Å². The van der Waals surface area contributed by atoms with Gasteiger partial charge >= 0.3 is 6.18 Å². The average Bonchev–Trinajstić information content (AvgIpc) is 2.67. The molecular weight excluding hydrogens is 397 g/mol. The number of allylic oxidation sites excluding steroid dienone is 2. The lowest BCUT2D eigenvalue weighted by molar-refractivity contribution is -0.116. The molecule has 0 amide bonds. The zero-order valence-electron chi connectivity index (χ0n) is 16.1. The van der Waals surface area contributed by atoms with Gasteiger partial charge in [0.1, 0.15) is 11.6 Å². The molecular formula is C22H21F3N2O3. The Morgan fingerprint density at radius 1 is 1.23 bits per heavy atom. The maximum atomic E-state index is 13.9. The van der Waals surface area contributed by atoms with Crippen molar-refractivity contribution < 1.29 is 28.2 Å². The fourth-order valence-electron chi connectivity index (χ4n) is 3.47. The van der Waals surface area contributed by atoms with Crippen LogP contribution in [0.25, 0.3) is 16.3 Å². The van der Waals surface area contributed by atoms with E-state index in [2.05, 4.69) is 4.90 Å². The predicted octanol–water partition coefficient (Wildman–Crippen LogP) is 3.59. The Bertz CT molecular complexity index is 1020. The van der Waals surface area contributed by atoms with E-state index in [0.29, 0.717) is 5.39 Å². The topological polar surface area (TPSA) is 84.6 Å². The van der Waals surface area contributed by atoms with Gasteiger partial charge in [0.2, 0.25) is 0 Å². The van der Waals surface area contributed by atoms with Crippen molar-refractivity contribution in [1.82, 2.24) is 0 Å². The summed E-state index contributed by atoms with van der Waals surface area (Å²) in [7, 11) is 0. The Morgan fingerprint density at radius 3 is 2.53 bits per heavy atom. The molecule has 30 heavy (non-hydrogen) atoms. The van der Waals surface area contributed by atoms with E-state index in [9.17, 15) is 28.3 Å². The molecule has 3 rings (SSSR count). The smallest absolute Gasteiger partial charge is 0.394 e. The highest BCUT2D eigenvalue weighted by Gasteiger charge is 2.39. The first-order valence-corrected chi connectivity index (χ1v) is 9.58. The molecule has 0 bridgehead atoms. The Labute approximate surface area is 171 Å². The normalized spacial score (nSPS) is 15.9. The zero-order chi connectivity index (χ0) is 21.9. The lowest BCUT2D eigenvalue weighted by Crippen LogP contribution is -2.37. The molecule has 0 spiro atoms. The number of benzene rings is 2. The van der Waals surface area contributed by atoms with Gasteiger partial charge in [-0.2, -0.15) is 18.4 Å². The fourth-order valence-corrected chi connectivity index (χ4v) is 3.47. The van der Waals surface area contributed by atoms with Crippen LogP contribution in [0.3, 0.4) is 0 Å². The second-order valence-electron chi connectivity index (χ2n) is 7.21. The summed E-state index contributed by atoms with van der Waals surface area (Å²) in [6.07, 6.45) is -5.85. The molecule has 0 aromatic heterocycles. The third-order valence-electron chi connectivity index (χ3n) is 5.18. The summed E-state index contributed by atoms with van der Waals surface area (Å²) in [6.45, 7) is 1.02. The number of aliphatic hydroxyl groups is 2. The summed E-state index contributed by atoms with van der Waals surface area (Å²) >= 11 is 0. The van der Waals surface area contributed by atoms with E-state index in [0.717, 1.165) is 30.6 Å². The highest BCUT2D eigenvalue weighted by Crippen LogP contribution is 2.39. The standard InChI is InChI=1S/C22H21F3N2O3/c23-22(24,25)21(18(12-26)20(30)8-7-16(29)13-28)15-6-5-14-3-1-4-19(17(14)11-15)27-9-2-10-27/h1,3-6,11,16,28-29H,2,7-10,13H2/b21-18-. The van der Waals surface area contributed by atoms with Crippen molar-refractivity contribution in [1.29, 1.82) is 5.26 Å². The van der Waals surface area contributed by atoms with Gasteiger partial charge in [0.05, 0.1) is 18.3 Å². The van der Waals surface area contributed by atoms with Crippen LogP contribution in [0.1, 0.15) is 24.8 Å². The Kier molecular flexibility index (Phi) is 6.44. The van der Waals surface area contributed by atoms with Gasteiger partial charge in [-0.05, 0) is 35.9 Å². The molecule has 1 fully saturated rings. The van der Waals surface area contributed by atoms with Crippen molar-refractivity contribution in [2.24, 2.45) is 0 Å². The van der Waals surface area contributed by atoms with Crippen molar-refractivity contribution in [3.05, 3.63) is 47.5 Å². The SMILES string of the molecule is N#C/C(C(=O)CCC(O)CO)=C(\c1ccc2cccc(N3CCC3)c2c1)C(F)(F)F. The molecule has 158 valence electrons. The van der Waals surface area contributed by atoms with E-state index in [-0.39, 0.29) is 12.0 Å². The molecule has 2 aromatic carbocycles. The summed E-state index contributed by atoms with van der Waals surface area (Å²) in [6, 6.07) is 11.1. The molecule has 2 aromatic rings. The fraction of sp³-hybridized carbons (Fsp3) is 0.364. The minimum Gasteiger partial charge on any atom is -0.394 e. The van der Waals surface area contributed by atoms with Gasteiger partial charge in [0.15, 0.2) is 5.78 Å². The van der Waals surface area contributed by atoms with Crippen LogP contribution in [-0.2, 0) is 4.79 Å². The zero-order valence-corrected chi connectivity index (χ0v) is 16.1. The number of halogens is 3. The molecule has 8 heteroatoms. The highest BCUT2D eigenvalue weighted by atomic mass is 19.4. The molecule has 5 nitrogen and oxygen atoms in total. The van der Waals surface area contributed by atoms with Gasteiger partial charge in [-0.15, -0.1) is 0 Å². The molecule has 1 heterocycles. The van der Waals surface area contributed by atoms with Gasteiger partial charge < -0.3 is 15.1 Å². The number of hydrogen-bond acceptors (Lipinski definition) is 5. The largest absolute Gasteiger partial charge is 0.418 e. The number of rotatable bonds is 7. The number of carbonyl (C=O) groups excluding carboxylic acids is 1. The number of aliphatic hydroxyl groups excluding tert-OH is 2. The first kappa shape index (κ1) is 21.8. The summed E-state index contributed by atoms with van der Waals surface area (Å²) in [5, 5.41) is 29.0. The maximum Gasteiger partial charge on any atom is 0.418 e. The highest BCUT2D eigenvalue weighted by molar-refractivity contribution is 6.08. The number of ketones is 1. The number of alkyl halides is 3. The molecule has 0 radical (unpaired) electrons. The molecule has 1 aliphatic rings. The van der Waals surface area contributed by atoms with E-state index in [1.165, 1.54) is 18.2 Å². The second-order valence-corrected chi connectivity index (χ2v) is 7.21. The van der Waals surface area contributed by atoms with Crippen LogP contribution in [0.2, 0.25) is 0 Å². The van der Waals surface area contributed by atoms with Gasteiger partial charge in [-0.1, -0.05) is 24.3 Å². The van der Waals surface area contributed by atoms with E-state index in [1.807, 2.05) is 12.1 Å². The Hall–Kier alpha value is -2.89. The lowest BCUT2D eigenvalue weighted by Gasteiger charge is -2.34. The van der Waals surface area contributed by atoms with Crippen molar-refractivity contribution in [2.75, 3.05) is 24.6 Å². The molecule has 1 atom stereocenters. The molecule has 0 saturated carbocycles. The molecule has 2 N–H and O–H groups in total. The number of carbonyl (C=O) groups is 1. The van der Waals surface area contributed by atoms with Crippen LogP contribution in [0.4, 0.5) is 18.9 Å². The second kappa shape index (κ2) is 8.86. The van der Waals surface area contributed by atoms with E-state index < -0.39 is 42.2 Å². The van der Waals surface area contributed by atoms with Gasteiger partial charge in [0, 0.05) is 30.6 Å². The first-order valence-electron chi connectivity index (χ1n) is 9.58. The van der Waals surface area contributed by atoms with Crippen molar-refractivity contribution in [3.63, 3.8) is 0 Å². The van der Waals surface area contributed by atoms with Crippen LogP contribution in [-0.4, -0.2) is 48.0 Å². The van der Waals surface area contributed by atoms with Crippen LogP contribution < -0.4 is 4.90 Å². The van der Waals surface area contributed by atoms with Gasteiger partial charge in [0.25, 0.3) is 0 Å². The van der Waals surface area contributed by atoms with Gasteiger partial charge in [-0.25, -0.2) is 0 Å². The Balaban J connectivity index is 2.11. The number of hydrogen-bond donors (Lipinski definition) is 2. The third kappa shape index (κ3) is 4.48. The van der Waals surface area contributed by atoms with Crippen LogP contribution in [0.15, 0.2) is 42.0 Å². The van der Waals surface area contributed by atoms with Crippen molar-refractivity contribution >= 4 is 27.8 Å². The van der Waals surface area contributed by atoms with Gasteiger partial charge in [-0.3, -0.25) is 4.79 Å². The summed E-state index contributed by atoms with van der Waals surface area (Å²) in [4.78, 5) is 14.4. The Morgan fingerprint density at radius 2 is 1.97 bits per heavy atom. The monoisotopic (exact) mass is 418 g/mol. The number of anilines is 1. The van der Waals surface area contributed by atoms with E-state index >= 15 is 0 Å². The van der Waals surface area contributed by atoms with Crippen LogP contribution in [0, 0.1) is 11.3 Å². The molecule has 0 aliphatic carbocycles. The van der Waals surface area contributed by atoms with E-state index in [4.69, 9.17) is 5.11 Å². The quantitative estimate of drug-likeness (QED) is 0.530. The first-order chi connectivity index (χ1) is 14.3. The summed E-state index contributed by atoms with van der Waals surface area (Å²) in [5.41, 5.74) is -1.71. The average molecular weight is 418 g/mol. The number of nitrogens with zero attached hydrogens (tertiary/aromatic N) is 2.